The molecule has 3 aromatic rings. The maximum atomic E-state index is 12.2. The van der Waals surface area contributed by atoms with Gasteiger partial charge in [0.05, 0.1) is 12.1 Å². The minimum absolute atomic E-state index is 0.0131. The van der Waals surface area contributed by atoms with Crippen molar-refractivity contribution in [3.05, 3.63) is 60.0 Å². The van der Waals surface area contributed by atoms with Crippen LogP contribution in [0, 0.1) is 11.3 Å². The Balaban J connectivity index is 1.39. The van der Waals surface area contributed by atoms with Crippen LogP contribution in [0.4, 0.5) is 5.82 Å². The van der Waals surface area contributed by atoms with E-state index < -0.39 is 35.5 Å². The number of nitrogens with zero attached hydrogens (tertiary/aromatic N) is 4. The van der Waals surface area contributed by atoms with E-state index in [1.54, 1.807) is 30.3 Å². The lowest BCUT2D eigenvalue weighted by Crippen LogP contribution is -2.47. The number of hydrogen-bond donors (Lipinski definition) is 3. The molecule has 1 aromatic carbocycles. The van der Waals surface area contributed by atoms with Gasteiger partial charge < -0.3 is 25.4 Å². The lowest BCUT2D eigenvalue weighted by molar-refractivity contribution is -0.158. The molecule has 1 saturated carbocycles. The van der Waals surface area contributed by atoms with Crippen LogP contribution in [0.2, 0.25) is 0 Å². The van der Waals surface area contributed by atoms with Crippen molar-refractivity contribution in [2.75, 3.05) is 5.73 Å². The highest BCUT2D eigenvalue weighted by Gasteiger charge is 2.84. The summed E-state index contributed by atoms with van der Waals surface area (Å²) in [5, 5.41) is 35.8. The zero-order chi connectivity index (χ0) is 21.1. The molecule has 0 spiro atoms. The number of anilines is 1. The molecule has 3 heterocycles. The van der Waals surface area contributed by atoms with E-state index in [1.807, 2.05) is 12.1 Å². The molecular weight excluding hydrogens is 390 g/mol. The summed E-state index contributed by atoms with van der Waals surface area (Å²) >= 11 is 0. The van der Waals surface area contributed by atoms with E-state index in [0.29, 0.717) is 5.52 Å². The van der Waals surface area contributed by atoms with E-state index in [4.69, 9.17) is 15.2 Å². The van der Waals surface area contributed by atoms with Gasteiger partial charge in [0, 0.05) is 0 Å². The summed E-state index contributed by atoms with van der Waals surface area (Å²) in [7, 11) is 0. The lowest BCUT2D eigenvalue weighted by Gasteiger charge is -2.29. The summed E-state index contributed by atoms with van der Waals surface area (Å²) in [6, 6.07) is 14.0. The molecule has 5 rings (SSSR count). The fraction of sp³-hybridized carbons (Fsp3) is 0.300. The predicted molar refractivity (Wildman–Crippen MR) is 101 cm³/mol. The number of nitrogen functional groups attached to an aromatic ring is 1. The Hall–Kier alpha value is -3.52. The highest BCUT2D eigenvalue weighted by molar-refractivity contribution is 5.73. The van der Waals surface area contributed by atoms with Crippen molar-refractivity contribution in [1.82, 2.24) is 14.6 Å². The SMILES string of the molecule is N#C[C@@]1(c2ccc3c(N)ncnn23)O[C@@H]2C(OC(=O)Cc3ccccc3)[C@]2(O)[C@H]1O. The largest absolute Gasteiger partial charge is 0.456 e. The van der Waals surface area contributed by atoms with Gasteiger partial charge in [0.1, 0.15) is 30.1 Å². The van der Waals surface area contributed by atoms with Crippen molar-refractivity contribution in [2.24, 2.45) is 0 Å². The molecule has 1 aliphatic carbocycles. The third-order valence-electron chi connectivity index (χ3n) is 5.69. The monoisotopic (exact) mass is 407 g/mol. The van der Waals surface area contributed by atoms with Crippen molar-refractivity contribution in [3.8, 4) is 6.07 Å². The Bertz CT molecular complexity index is 1190. The van der Waals surface area contributed by atoms with Gasteiger partial charge in [-0.3, -0.25) is 4.79 Å². The molecule has 152 valence electrons. The first-order chi connectivity index (χ1) is 14.4. The minimum Gasteiger partial charge on any atom is -0.456 e. The third kappa shape index (κ3) is 2.37. The molecular formula is C20H17N5O5. The van der Waals surface area contributed by atoms with Gasteiger partial charge in [-0.2, -0.15) is 10.4 Å². The molecule has 2 fully saturated rings. The molecule has 10 nitrogen and oxygen atoms in total. The number of nitriles is 1. The fourth-order valence-corrected chi connectivity index (χ4v) is 4.07. The maximum Gasteiger partial charge on any atom is 0.310 e. The number of hydrogen-bond acceptors (Lipinski definition) is 9. The van der Waals surface area contributed by atoms with Crippen molar-refractivity contribution in [3.63, 3.8) is 0 Å². The third-order valence-corrected chi connectivity index (χ3v) is 5.69. The number of fused-ring (bicyclic) bond motifs is 2. The standard InChI is InChI=1S/C20H17N5O5/c21-9-19(13-7-6-12-17(22)23-10-24-25(12)13)18(27)20(28)15(16(20)30-19)29-14(26)8-11-4-2-1-3-5-11/h1-7,10,15-16,18,27-28H,8H2,(H2,22,23,24)/t15?,16-,18+,19+,20-/m1/s1. The Kier molecular flexibility index (Phi) is 3.85. The number of aromatic nitrogens is 3. The topological polar surface area (TPSA) is 156 Å². The van der Waals surface area contributed by atoms with Crippen LogP contribution < -0.4 is 5.73 Å². The molecule has 0 bridgehead atoms. The lowest BCUT2D eigenvalue weighted by atomic mass is 9.90. The quantitative estimate of drug-likeness (QED) is 0.494. The van der Waals surface area contributed by atoms with Crippen LogP contribution in [-0.2, 0) is 26.3 Å². The van der Waals surface area contributed by atoms with Gasteiger partial charge in [0.25, 0.3) is 0 Å². The van der Waals surface area contributed by atoms with Crippen LogP contribution >= 0.6 is 0 Å². The number of carbonyl (C=O) groups is 1. The second-order valence-electron chi connectivity index (χ2n) is 7.41. The summed E-state index contributed by atoms with van der Waals surface area (Å²) in [5.41, 5.74) is 3.39. The van der Waals surface area contributed by atoms with Gasteiger partial charge in [-0.25, -0.2) is 9.50 Å². The first-order valence-corrected chi connectivity index (χ1v) is 9.23. The average Bonchev–Trinajstić information content (AvgIpc) is 3.05. The average molecular weight is 407 g/mol. The Morgan fingerprint density at radius 2 is 2.10 bits per heavy atom. The van der Waals surface area contributed by atoms with E-state index in [2.05, 4.69) is 10.1 Å². The van der Waals surface area contributed by atoms with Crippen LogP contribution in [0.3, 0.4) is 0 Å². The summed E-state index contributed by atoms with van der Waals surface area (Å²) < 4.78 is 12.4. The van der Waals surface area contributed by atoms with Gasteiger partial charge in [-0.1, -0.05) is 30.3 Å². The van der Waals surface area contributed by atoms with Crippen LogP contribution in [0.1, 0.15) is 11.3 Å². The Morgan fingerprint density at radius 3 is 2.77 bits per heavy atom. The number of aliphatic hydroxyl groups is 2. The van der Waals surface area contributed by atoms with Crippen LogP contribution in [-0.4, -0.2) is 54.7 Å². The summed E-state index contributed by atoms with van der Waals surface area (Å²) in [6.45, 7) is 0. The zero-order valence-corrected chi connectivity index (χ0v) is 15.5. The van der Waals surface area contributed by atoms with Crippen molar-refractivity contribution in [1.29, 1.82) is 5.26 Å². The summed E-state index contributed by atoms with van der Waals surface area (Å²) in [5.74, 6) is -0.380. The molecule has 2 aliphatic rings. The van der Waals surface area contributed by atoms with E-state index >= 15 is 0 Å². The summed E-state index contributed by atoms with van der Waals surface area (Å²) in [4.78, 5) is 16.1. The van der Waals surface area contributed by atoms with Gasteiger partial charge in [0.15, 0.2) is 17.5 Å². The zero-order valence-electron chi connectivity index (χ0n) is 15.5. The first-order valence-electron chi connectivity index (χ1n) is 9.23. The Labute approximate surface area is 170 Å². The second-order valence-corrected chi connectivity index (χ2v) is 7.41. The molecule has 2 aromatic heterocycles. The molecule has 10 heteroatoms. The van der Waals surface area contributed by atoms with Crippen molar-refractivity contribution < 1.29 is 24.5 Å². The molecule has 4 N–H and O–H groups in total. The van der Waals surface area contributed by atoms with E-state index in [9.17, 15) is 20.3 Å². The predicted octanol–water partition coefficient (Wildman–Crippen LogP) is -0.311. The number of esters is 1. The molecule has 0 radical (unpaired) electrons. The minimum atomic E-state index is -1.91. The normalized spacial score (nSPS) is 31.8. The molecule has 30 heavy (non-hydrogen) atoms. The number of carbonyl (C=O) groups excluding carboxylic acids is 1. The van der Waals surface area contributed by atoms with Gasteiger partial charge in [-0.05, 0) is 17.7 Å². The van der Waals surface area contributed by atoms with Gasteiger partial charge in [0.2, 0.25) is 5.60 Å². The maximum absolute atomic E-state index is 12.2. The molecule has 1 aliphatic heterocycles. The number of benzene rings is 1. The van der Waals surface area contributed by atoms with E-state index in [1.165, 1.54) is 16.9 Å². The van der Waals surface area contributed by atoms with E-state index in [-0.39, 0.29) is 17.9 Å². The highest BCUT2D eigenvalue weighted by Crippen LogP contribution is 2.59. The smallest absolute Gasteiger partial charge is 0.310 e. The van der Waals surface area contributed by atoms with Crippen LogP contribution in [0.25, 0.3) is 5.52 Å². The number of ether oxygens (including phenoxy) is 2. The molecule has 5 atom stereocenters. The van der Waals surface area contributed by atoms with E-state index in [0.717, 1.165) is 5.56 Å². The summed E-state index contributed by atoms with van der Waals surface area (Å²) in [6.07, 6.45) is -2.57. The Morgan fingerprint density at radius 1 is 1.33 bits per heavy atom. The highest BCUT2D eigenvalue weighted by atomic mass is 16.6. The second kappa shape index (κ2) is 6.24. The fourth-order valence-electron chi connectivity index (χ4n) is 4.07. The van der Waals surface area contributed by atoms with Crippen molar-refractivity contribution in [2.45, 2.75) is 35.9 Å². The van der Waals surface area contributed by atoms with Gasteiger partial charge in [-0.15, -0.1) is 0 Å². The van der Waals surface area contributed by atoms with Gasteiger partial charge >= 0.3 is 5.97 Å². The number of aliphatic hydroxyl groups excluding tert-OH is 1. The number of rotatable bonds is 4. The van der Waals surface area contributed by atoms with Crippen LogP contribution in [0.15, 0.2) is 48.8 Å². The molecule has 0 amide bonds. The number of nitrogens with two attached hydrogens (primary N) is 1. The molecule has 1 unspecified atom stereocenters. The van der Waals surface area contributed by atoms with Crippen LogP contribution in [0.5, 0.6) is 0 Å². The molecule has 1 saturated heterocycles. The first kappa shape index (κ1) is 18.5. The van der Waals surface area contributed by atoms with Crippen molar-refractivity contribution >= 4 is 17.3 Å².